The van der Waals surface area contributed by atoms with E-state index in [-0.39, 0.29) is 11.6 Å². The van der Waals surface area contributed by atoms with Gasteiger partial charge in [-0.1, -0.05) is 13.8 Å². The maximum atomic E-state index is 13.2. The highest BCUT2D eigenvalue weighted by molar-refractivity contribution is 5.47. The average Bonchev–Trinajstić information content (AvgIpc) is 2.15. The van der Waals surface area contributed by atoms with Crippen molar-refractivity contribution in [2.45, 2.75) is 13.8 Å². The Labute approximate surface area is 84.1 Å². The summed E-state index contributed by atoms with van der Waals surface area (Å²) < 4.78 is 18.0. The number of benzene rings is 1. The summed E-state index contributed by atoms with van der Waals surface area (Å²) >= 11 is 0. The molecule has 2 nitrogen and oxygen atoms in total. The molecule has 0 aliphatic heterocycles. The van der Waals surface area contributed by atoms with Gasteiger partial charge in [-0.3, -0.25) is 0 Å². The third kappa shape index (κ3) is 2.91. The van der Waals surface area contributed by atoms with E-state index in [1.807, 2.05) is 6.07 Å². The van der Waals surface area contributed by atoms with Crippen LogP contribution in [-0.2, 0) is 0 Å². The van der Waals surface area contributed by atoms with Crippen LogP contribution < -0.4 is 10.1 Å². The molecule has 0 radical (unpaired) electrons. The summed E-state index contributed by atoms with van der Waals surface area (Å²) in [6.07, 6.45) is 0. The molecule has 0 saturated heterocycles. The predicted molar refractivity (Wildman–Crippen MR) is 56.3 cm³/mol. The van der Waals surface area contributed by atoms with Gasteiger partial charge in [0.2, 0.25) is 0 Å². The Kier molecular flexibility index (Phi) is 3.74. The van der Waals surface area contributed by atoms with Gasteiger partial charge >= 0.3 is 0 Å². The van der Waals surface area contributed by atoms with Crippen molar-refractivity contribution in [3.8, 4) is 5.75 Å². The number of anilines is 1. The molecule has 0 heterocycles. The first kappa shape index (κ1) is 10.8. The highest BCUT2D eigenvalue weighted by Gasteiger charge is 2.03. The lowest BCUT2D eigenvalue weighted by Crippen LogP contribution is -2.08. The second-order valence-electron chi connectivity index (χ2n) is 3.62. The summed E-state index contributed by atoms with van der Waals surface area (Å²) in [4.78, 5) is 0. The standard InChI is InChI=1S/C11H16FNO/c1-8(2)7-13-9-4-5-11(14-3)10(12)6-9/h4-6,8,13H,7H2,1-3H3. The molecule has 0 atom stereocenters. The van der Waals surface area contributed by atoms with Crippen LogP contribution in [0.5, 0.6) is 5.75 Å². The highest BCUT2D eigenvalue weighted by Crippen LogP contribution is 2.20. The zero-order chi connectivity index (χ0) is 10.6. The van der Waals surface area contributed by atoms with Crippen molar-refractivity contribution in [3.05, 3.63) is 24.0 Å². The molecular formula is C11H16FNO. The normalized spacial score (nSPS) is 10.4. The third-order valence-electron chi connectivity index (χ3n) is 1.87. The van der Waals surface area contributed by atoms with E-state index in [0.29, 0.717) is 5.92 Å². The minimum atomic E-state index is -0.332. The molecule has 0 aliphatic rings. The summed E-state index contributed by atoms with van der Waals surface area (Å²) in [6.45, 7) is 5.05. The molecular weight excluding hydrogens is 181 g/mol. The largest absolute Gasteiger partial charge is 0.494 e. The lowest BCUT2D eigenvalue weighted by molar-refractivity contribution is 0.386. The van der Waals surface area contributed by atoms with Crippen molar-refractivity contribution < 1.29 is 9.13 Å². The Hall–Kier alpha value is -1.25. The maximum absolute atomic E-state index is 13.2. The van der Waals surface area contributed by atoms with Gasteiger partial charge in [-0.25, -0.2) is 4.39 Å². The van der Waals surface area contributed by atoms with E-state index in [4.69, 9.17) is 4.74 Å². The van der Waals surface area contributed by atoms with Gasteiger partial charge in [0.1, 0.15) is 0 Å². The molecule has 0 amide bonds. The minimum absolute atomic E-state index is 0.278. The van der Waals surface area contributed by atoms with Crippen molar-refractivity contribution in [1.82, 2.24) is 0 Å². The molecule has 0 aliphatic carbocycles. The molecule has 3 heteroatoms. The zero-order valence-electron chi connectivity index (χ0n) is 8.80. The van der Waals surface area contributed by atoms with Crippen LogP contribution in [0.4, 0.5) is 10.1 Å². The average molecular weight is 197 g/mol. The zero-order valence-corrected chi connectivity index (χ0v) is 8.80. The molecule has 0 aromatic heterocycles. The van der Waals surface area contributed by atoms with E-state index >= 15 is 0 Å². The topological polar surface area (TPSA) is 21.3 Å². The summed E-state index contributed by atoms with van der Waals surface area (Å²) in [5.74, 6) is 0.488. The highest BCUT2D eigenvalue weighted by atomic mass is 19.1. The van der Waals surface area contributed by atoms with E-state index < -0.39 is 0 Å². The Bertz CT molecular complexity index is 299. The lowest BCUT2D eigenvalue weighted by atomic mass is 10.2. The molecule has 1 aromatic rings. The SMILES string of the molecule is COc1ccc(NCC(C)C)cc1F. The smallest absolute Gasteiger partial charge is 0.167 e. The Morgan fingerprint density at radius 2 is 2.14 bits per heavy atom. The van der Waals surface area contributed by atoms with E-state index in [2.05, 4.69) is 19.2 Å². The van der Waals surface area contributed by atoms with Crippen LogP contribution in [-0.4, -0.2) is 13.7 Å². The molecule has 0 bridgehead atoms. The lowest BCUT2D eigenvalue weighted by Gasteiger charge is -2.09. The van der Waals surface area contributed by atoms with Gasteiger partial charge in [0.15, 0.2) is 11.6 Å². The van der Waals surface area contributed by atoms with Crippen molar-refractivity contribution in [1.29, 1.82) is 0 Å². The van der Waals surface area contributed by atoms with E-state index in [1.54, 1.807) is 6.07 Å². The Morgan fingerprint density at radius 1 is 1.43 bits per heavy atom. The molecule has 1 rings (SSSR count). The first-order valence-corrected chi connectivity index (χ1v) is 4.71. The number of ether oxygens (including phenoxy) is 1. The monoisotopic (exact) mass is 197 g/mol. The molecule has 14 heavy (non-hydrogen) atoms. The Morgan fingerprint density at radius 3 is 2.64 bits per heavy atom. The van der Waals surface area contributed by atoms with E-state index in [0.717, 1.165) is 12.2 Å². The first-order valence-electron chi connectivity index (χ1n) is 4.71. The molecule has 0 fully saturated rings. The number of halogens is 1. The fraction of sp³-hybridized carbons (Fsp3) is 0.455. The summed E-state index contributed by atoms with van der Waals surface area (Å²) in [5.41, 5.74) is 0.789. The quantitative estimate of drug-likeness (QED) is 0.801. The van der Waals surface area contributed by atoms with Gasteiger partial charge < -0.3 is 10.1 Å². The molecule has 0 spiro atoms. The number of hydrogen-bond donors (Lipinski definition) is 1. The second-order valence-corrected chi connectivity index (χ2v) is 3.62. The first-order chi connectivity index (χ1) is 6.63. The summed E-state index contributed by atoms with van der Waals surface area (Å²) in [5, 5.41) is 3.14. The van der Waals surface area contributed by atoms with Gasteiger partial charge in [-0.05, 0) is 18.1 Å². The third-order valence-corrected chi connectivity index (χ3v) is 1.87. The molecule has 1 N–H and O–H groups in total. The van der Waals surface area contributed by atoms with Crippen molar-refractivity contribution in [3.63, 3.8) is 0 Å². The summed E-state index contributed by atoms with van der Waals surface area (Å²) in [7, 11) is 1.46. The van der Waals surface area contributed by atoms with Crippen molar-refractivity contribution >= 4 is 5.69 Å². The fourth-order valence-electron chi connectivity index (χ4n) is 1.10. The van der Waals surface area contributed by atoms with Crippen LogP contribution >= 0.6 is 0 Å². The molecule has 1 aromatic carbocycles. The Balaban J connectivity index is 2.66. The van der Waals surface area contributed by atoms with Crippen LogP contribution in [0.2, 0.25) is 0 Å². The number of rotatable bonds is 4. The number of nitrogens with one attached hydrogen (secondary N) is 1. The maximum Gasteiger partial charge on any atom is 0.167 e. The van der Waals surface area contributed by atoms with Crippen molar-refractivity contribution in [2.75, 3.05) is 19.0 Å². The van der Waals surface area contributed by atoms with Gasteiger partial charge in [-0.2, -0.15) is 0 Å². The van der Waals surface area contributed by atoms with Gasteiger partial charge in [0, 0.05) is 18.3 Å². The molecule has 78 valence electrons. The molecule has 0 unspecified atom stereocenters. The molecule has 0 saturated carbocycles. The minimum Gasteiger partial charge on any atom is -0.494 e. The van der Waals surface area contributed by atoms with E-state index in [9.17, 15) is 4.39 Å². The number of methoxy groups -OCH3 is 1. The van der Waals surface area contributed by atoms with Crippen molar-refractivity contribution in [2.24, 2.45) is 5.92 Å². The number of hydrogen-bond acceptors (Lipinski definition) is 2. The van der Waals surface area contributed by atoms with Crippen LogP contribution in [0, 0.1) is 11.7 Å². The second kappa shape index (κ2) is 4.84. The summed E-state index contributed by atoms with van der Waals surface area (Å²) in [6, 6.07) is 4.88. The fourth-order valence-corrected chi connectivity index (χ4v) is 1.10. The predicted octanol–water partition coefficient (Wildman–Crippen LogP) is 2.90. The van der Waals surface area contributed by atoms with E-state index in [1.165, 1.54) is 13.2 Å². The van der Waals surface area contributed by atoms with Gasteiger partial charge in [0.05, 0.1) is 7.11 Å². The van der Waals surface area contributed by atoms with Crippen LogP contribution in [0.25, 0.3) is 0 Å². The van der Waals surface area contributed by atoms with Gasteiger partial charge in [-0.15, -0.1) is 0 Å². The van der Waals surface area contributed by atoms with Crippen LogP contribution in [0.1, 0.15) is 13.8 Å². The van der Waals surface area contributed by atoms with Crippen LogP contribution in [0.3, 0.4) is 0 Å². The van der Waals surface area contributed by atoms with Crippen LogP contribution in [0.15, 0.2) is 18.2 Å². The van der Waals surface area contributed by atoms with Gasteiger partial charge in [0.25, 0.3) is 0 Å².